The van der Waals surface area contributed by atoms with Crippen LogP contribution in [0.15, 0.2) is 66.9 Å². The van der Waals surface area contributed by atoms with E-state index in [0.717, 1.165) is 12.1 Å². The van der Waals surface area contributed by atoms with E-state index in [1.807, 2.05) is 12.3 Å². The first-order valence-corrected chi connectivity index (χ1v) is 7.52. The fraction of sp³-hybridized carbons (Fsp3) is 0.211. The number of pyridine rings is 1. The molecular formula is C19H18N2. The minimum absolute atomic E-state index is 0.610. The molecule has 0 amide bonds. The second kappa shape index (κ2) is 5.30. The molecule has 1 fully saturated rings. The van der Waals surface area contributed by atoms with E-state index in [0.29, 0.717) is 12.0 Å². The Morgan fingerprint density at radius 2 is 1.81 bits per heavy atom. The third kappa shape index (κ3) is 2.67. The minimum Gasteiger partial charge on any atom is -0.309 e. The lowest BCUT2D eigenvalue weighted by Crippen LogP contribution is -2.17. The molecule has 3 aromatic rings. The Hall–Kier alpha value is -2.19. The fourth-order valence-electron chi connectivity index (χ4n) is 2.95. The molecule has 21 heavy (non-hydrogen) atoms. The summed E-state index contributed by atoms with van der Waals surface area (Å²) in [5.74, 6) is 0.680. The van der Waals surface area contributed by atoms with Crippen LogP contribution in [0, 0.1) is 0 Å². The third-order valence-electron chi connectivity index (χ3n) is 4.23. The van der Waals surface area contributed by atoms with Gasteiger partial charge in [0.15, 0.2) is 0 Å². The van der Waals surface area contributed by atoms with Crippen LogP contribution in [-0.2, 0) is 6.54 Å². The first-order chi connectivity index (χ1) is 10.4. The Kier molecular flexibility index (Phi) is 3.17. The van der Waals surface area contributed by atoms with Crippen molar-refractivity contribution in [3.05, 3.63) is 78.0 Å². The summed E-state index contributed by atoms with van der Waals surface area (Å²) in [7, 11) is 0. The van der Waals surface area contributed by atoms with E-state index < -0.39 is 0 Å². The van der Waals surface area contributed by atoms with Crippen molar-refractivity contribution >= 4 is 10.9 Å². The number of aromatic nitrogens is 1. The van der Waals surface area contributed by atoms with Gasteiger partial charge >= 0.3 is 0 Å². The number of nitrogens with zero attached hydrogens (tertiary/aromatic N) is 1. The maximum absolute atomic E-state index is 4.52. The molecule has 0 spiro atoms. The maximum atomic E-state index is 4.52. The molecule has 4 rings (SSSR count). The summed E-state index contributed by atoms with van der Waals surface area (Å²) in [6.07, 6.45) is 3.22. The van der Waals surface area contributed by atoms with Gasteiger partial charge in [0.25, 0.3) is 0 Å². The number of rotatable bonds is 4. The van der Waals surface area contributed by atoms with Crippen LogP contribution in [0.25, 0.3) is 10.9 Å². The first-order valence-electron chi connectivity index (χ1n) is 7.52. The highest BCUT2D eigenvalue weighted by molar-refractivity contribution is 5.78. The van der Waals surface area contributed by atoms with Crippen LogP contribution in [0.4, 0.5) is 0 Å². The molecule has 1 aliphatic rings. The number of hydrogen-bond acceptors (Lipinski definition) is 2. The van der Waals surface area contributed by atoms with Crippen molar-refractivity contribution in [2.75, 3.05) is 0 Å². The van der Waals surface area contributed by atoms with Crippen LogP contribution in [-0.4, -0.2) is 11.0 Å². The largest absolute Gasteiger partial charge is 0.309 e. The van der Waals surface area contributed by atoms with Crippen molar-refractivity contribution < 1.29 is 0 Å². The summed E-state index contributed by atoms with van der Waals surface area (Å²) < 4.78 is 0. The van der Waals surface area contributed by atoms with Gasteiger partial charge in [0, 0.05) is 30.1 Å². The molecule has 1 N–H and O–H groups in total. The second-order valence-electron chi connectivity index (χ2n) is 5.78. The van der Waals surface area contributed by atoms with E-state index in [-0.39, 0.29) is 0 Å². The number of fused-ring (bicyclic) bond motifs is 1. The molecule has 2 unspecified atom stereocenters. The smallest absolute Gasteiger partial charge is 0.0702 e. The van der Waals surface area contributed by atoms with Gasteiger partial charge in [-0.2, -0.15) is 0 Å². The van der Waals surface area contributed by atoms with Gasteiger partial charge in [-0.1, -0.05) is 48.5 Å². The lowest BCUT2D eigenvalue weighted by Gasteiger charge is -2.06. The summed E-state index contributed by atoms with van der Waals surface area (Å²) in [6, 6.07) is 21.9. The predicted molar refractivity (Wildman–Crippen MR) is 86.2 cm³/mol. The lowest BCUT2D eigenvalue weighted by atomic mass is 10.1. The number of benzene rings is 2. The molecule has 1 aliphatic carbocycles. The standard InChI is InChI=1S/C19H18N2/c1-2-6-15(7-3-1)17-11-19(17)21-13-14-10-16-8-4-5-9-18(16)20-12-14/h1-10,12,17,19,21H,11,13H2. The van der Waals surface area contributed by atoms with E-state index in [2.05, 4.69) is 64.9 Å². The monoisotopic (exact) mass is 274 g/mol. The molecule has 0 aliphatic heterocycles. The molecule has 1 aromatic heterocycles. The number of nitrogens with one attached hydrogen (secondary N) is 1. The summed E-state index contributed by atoms with van der Waals surface area (Å²) in [6.45, 7) is 0.895. The quantitative estimate of drug-likeness (QED) is 0.781. The Balaban J connectivity index is 1.41. The zero-order chi connectivity index (χ0) is 14.1. The molecule has 0 bridgehead atoms. The van der Waals surface area contributed by atoms with E-state index in [1.54, 1.807) is 0 Å². The molecular weight excluding hydrogens is 256 g/mol. The third-order valence-corrected chi connectivity index (χ3v) is 4.23. The average molecular weight is 274 g/mol. The van der Waals surface area contributed by atoms with E-state index in [9.17, 15) is 0 Å². The van der Waals surface area contributed by atoms with Gasteiger partial charge in [0.05, 0.1) is 5.52 Å². The van der Waals surface area contributed by atoms with Crippen molar-refractivity contribution in [2.24, 2.45) is 0 Å². The summed E-state index contributed by atoms with van der Waals surface area (Å²) in [5.41, 5.74) is 3.77. The maximum Gasteiger partial charge on any atom is 0.0702 e. The summed E-state index contributed by atoms with van der Waals surface area (Å²) in [5, 5.41) is 4.86. The molecule has 1 saturated carbocycles. The Morgan fingerprint density at radius 3 is 2.71 bits per heavy atom. The normalized spacial score (nSPS) is 20.6. The zero-order valence-corrected chi connectivity index (χ0v) is 11.9. The van der Waals surface area contributed by atoms with Crippen molar-refractivity contribution in [1.82, 2.24) is 10.3 Å². The summed E-state index contributed by atoms with van der Waals surface area (Å²) in [4.78, 5) is 4.52. The van der Waals surface area contributed by atoms with Gasteiger partial charge in [0.1, 0.15) is 0 Å². The Morgan fingerprint density at radius 1 is 1.00 bits per heavy atom. The molecule has 0 radical (unpaired) electrons. The SMILES string of the molecule is c1ccc(C2CC2NCc2cnc3ccccc3c2)cc1. The highest BCUT2D eigenvalue weighted by Gasteiger charge is 2.37. The van der Waals surface area contributed by atoms with Crippen molar-refractivity contribution in [3.8, 4) is 0 Å². The van der Waals surface area contributed by atoms with Gasteiger partial charge in [0.2, 0.25) is 0 Å². The van der Waals surface area contributed by atoms with Crippen LogP contribution in [0.1, 0.15) is 23.5 Å². The second-order valence-corrected chi connectivity index (χ2v) is 5.78. The highest BCUT2D eigenvalue weighted by atomic mass is 15.0. The van der Waals surface area contributed by atoms with Crippen molar-refractivity contribution in [2.45, 2.75) is 24.9 Å². The van der Waals surface area contributed by atoms with Crippen LogP contribution < -0.4 is 5.32 Å². The summed E-state index contributed by atoms with van der Waals surface area (Å²) >= 11 is 0. The van der Waals surface area contributed by atoms with Gasteiger partial charge in [-0.25, -0.2) is 0 Å². The van der Waals surface area contributed by atoms with Crippen LogP contribution in [0.2, 0.25) is 0 Å². The van der Waals surface area contributed by atoms with Gasteiger partial charge < -0.3 is 5.32 Å². The zero-order valence-electron chi connectivity index (χ0n) is 11.9. The Bertz CT molecular complexity index is 752. The minimum atomic E-state index is 0.610. The molecule has 2 atom stereocenters. The fourth-order valence-corrected chi connectivity index (χ4v) is 2.95. The molecule has 1 heterocycles. The molecule has 2 aromatic carbocycles. The van der Waals surface area contributed by atoms with Crippen molar-refractivity contribution in [1.29, 1.82) is 0 Å². The molecule has 0 saturated heterocycles. The molecule has 2 nitrogen and oxygen atoms in total. The van der Waals surface area contributed by atoms with Crippen LogP contribution in [0.5, 0.6) is 0 Å². The average Bonchev–Trinajstić information content (AvgIpc) is 3.33. The van der Waals surface area contributed by atoms with Crippen LogP contribution >= 0.6 is 0 Å². The van der Waals surface area contributed by atoms with Crippen LogP contribution in [0.3, 0.4) is 0 Å². The van der Waals surface area contributed by atoms with Gasteiger partial charge in [-0.05, 0) is 29.7 Å². The highest BCUT2D eigenvalue weighted by Crippen LogP contribution is 2.40. The number of hydrogen-bond donors (Lipinski definition) is 1. The lowest BCUT2D eigenvalue weighted by molar-refractivity contribution is 0.672. The molecule has 2 heteroatoms. The number of para-hydroxylation sites is 1. The Labute approximate surface area is 124 Å². The predicted octanol–water partition coefficient (Wildman–Crippen LogP) is 3.88. The van der Waals surface area contributed by atoms with Gasteiger partial charge in [-0.15, -0.1) is 0 Å². The molecule has 104 valence electrons. The van der Waals surface area contributed by atoms with Gasteiger partial charge in [-0.3, -0.25) is 4.98 Å². The van der Waals surface area contributed by atoms with E-state index in [1.165, 1.54) is 22.9 Å². The topological polar surface area (TPSA) is 24.9 Å². The van der Waals surface area contributed by atoms with E-state index in [4.69, 9.17) is 0 Å². The first kappa shape index (κ1) is 12.5. The van der Waals surface area contributed by atoms with E-state index >= 15 is 0 Å². The van der Waals surface area contributed by atoms with Crippen molar-refractivity contribution in [3.63, 3.8) is 0 Å².